The van der Waals surface area contributed by atoms with E-state index in [2.05, 4.69) is 25.8 Å². The van der Waals surface area contributed by atoms with Gasteiger partial charge in [-0.15, -0.1) is 10.2 Å². The van der Waals surface area contributed by atoms with Crippen molar-refractivity contribution in [2.45, 2.75) is 18.9 Å². The second kappa shape index (κ2) is 7.39. The van der Waals surface area contributed by atoms with Crippen LogP contribution in [-0.4, -0.2) is 45.9 Å². The Balaban J connectivity index is 1.64. The summed E-state index contributed by atoms with van der Waals surface area (Å²) in [5, 5.41) is 13.8. The van der Waals surface area contributed by atoms with Gasteiger partial charge in [-0.3, -0.25) is 4.79 Å². The van der Waals surface area contributed by atoms with Crippen LogP contribution in [0.15, 0.2) is 24.5 Å². The molecule has 0 bridgehead atoms. The van der Waals surface area contributed by atoms with E-state index in [4.69, 9.17) is 4.74 Å². The van der Waals surface area contributed by atoms with Crippen LogP contribution < -0.4 is 10.6 Å². The van der Waals surface area contributed by atoms with E-state index < -0.39 is 0 Å². The minimum atomic E-state index is -0.246. The number of imidazole rings is 1. The zero-order valence-electron chi connectivity index (χ0n) is 13.9. The van der Waals surface area contributed by atoms with Crippen molar-refractivity contribution in [3.05, 3.63) is 36.0 Å². The Hall–Kier alpha value is -2.48. The lowest BCUT2D eigenvalue weighted by molar-refractivity contribution is -0.0305. The SMILES string of the molecule is CNC(=O)c1ccc(NC[C@@H]2CCCO[C@H]2c2nccn2C)nn1. The van der Waals surface area contributed by atoms with E-state index in [1.807, 2.05) is 17.8 Å². The van der Waals surface area contributed by atoms with Crippen molar-refractivity contribution in [2.24, 2.45) is 13.0 Å². The third-order valence-electron chi connectivity index (χ3n) is 4.23. The summed E-state index contributed by atoms with van der Waals surface area (Å²) in [6, 6.07) is 3.42. The molecule has 8 nitrogen and oxygen atoms in total. The monoisotopic (exact) mass is 330 g/mol. The number of hydrogen-bond donors (Lipinski definition) is 2. The van der Waals surface area contributed by atoms with Gasteiger partial charge in [-0.1, -0.05) is 0 Å². The van der Waals surface area contributed by atoms with Gasteiger partial charge in [0.1, 0.15) is 17.7 Å². The lowest BCUT2D eigenvalue weighted by Crippen LogP contribution is -2.30. The minimum absolute atomic E-state index is 0.0237. The molecule has 2 aromatic rings. The molecule has 1 fully saturated rings. The van der Waals surface area contributed by atoms with Crippen molar-refractivity contribution in [2.75, 3.05) is 25.5 Å². The molecule has 128 valence electrons. The summed E-state index contributed by atoms with van der Waals surface area (Å²) >= 11 is 0. The summed E-state index contributed by atoms with van der Waals surface area (Å²) in [5.41, 5.74) is 0.301. The maximum Gasteiger partial charge on any atom is 0.271 e. The lowest BCUT2D eigenvalue weighted by Gasteiger charge is -2.31. The van der Waals surface area contributed by atoms with Crippen LogP contribution in [0.2, 0.25) is 0 Å². The van der Waals surface area contributed by atoms with Crippen molar-refractivity contribution in [1.29, 1.82) is 0 Å². The number of nitrogens with one attached hydrogen (secondary N) is 2. The second-order valence-corrected chi connectivity index (χ2v) is 5.85. The Labute approximate surface area is 140 Å². The molecule has 2 aromatic heterocycles. The Kier molecular flexibility index (Phi) is 5.05. The lowest BCUT2D eigenvalue weighted by atomic mass is 9.93. The number of aromatic nitrogens is 4. The van der Waals surface area contributed by atoms with Gasteiger partial charge in [0, 0.05) is 45.6 Å². The number of carbonyl (C=O) groups is 1. The molecule has 1 amide bonds. The molecular weight excluding hydrogens is 308 g/mol. The van der Waals surface area contributed by atoms with Crippen LogP contribution in [0.25, 0.3) is 0 Å². The fraction of sp³-hybridized carbons (Fsp3) is 0.500. The predicted molar refractivity (Wildman–Crippen MR) is 88.5 cm³/mol. The maximum atomic E-state index is 11.5. The summed E-state index contributed by atoms with van der Waals surface area (Å²) in [4.78, 5) is 15.9. The highest BCUT2D eigenvalue weighted by Gasteiger charge is 2.30. The van der Waals surface area contributed by atoms with E-state index in [-0.39, 0.29) is 12.0 Å². The van der Waals surface area contributed by atoms with Gasteiger partial charge in [0.05, 0.1) is 0 Å². The molecule has 0 radical (unpaired) electrons. The first-order chi connectivity index (χ1) is 11.7. The van der Waals surface area contributed by atoms with Gasteiger partial charge in [-0.2, -0.15) is 0 Å². The Morgan fingerprint density at radius 2 is 2.29 bits per heavy atom. The van der Waals surface area contributed by atoms with Crippen molar-refractivity contribution in [3.8, 4) is 0 Å². The van der Waals surface area contributed by atoms with E-state index >= 15 is 0 Å². The number of hydrogen-bond acceptors (Lipinski definition) is 6. The Morgan fingerprint density at radius 1 is 1.42 bits per heavy atom. The fourth-order valence-corrected chi connectivity index (χ4v) is 2.90. The van der Waals surface area contributed by atoms with Crippen LogP contribution in [0.5, 0.6) is 0 Å². The summed E-state index contributed by atoms with van der Waals surface area (Å²) in [5.74, 6) is 1.65. The highest BCUT2D eigenvalue weighted by Crippen LogP contribution is 2.32. The number of ether oxygens (including phenoxy) is 1. The van der Waals surface area contributed by atoms with Crippen LogP contribution in [0.4, 0.5) is 5.82 Å². The number of amides is 1. The topological polar surface area (TPSA) is 94.0 Å². The van der Waals surface area contributed by atoms with Gasteiger partial charge in [0.25, 0.3) is 5.91 Å². The van der Waals surface area contributed by atoms with E-state index in [1.165, 1.54) is 0 Å². The van der Waals surface area contributed by atoms with Gasteiger partial charge in [0.15, 0.2) is 5.69 Å². The predicted octanol–water partition coefficient (Wildman–Crippen LogP) is 1.15. The molecule has 2 atom stereocenters. The quantitative estimate of drug-likeness (QED) is 0.854. The van der Waals surface area contributed by atoms with Crippen molar-refractivity contribution in [3.63, 3.8) is 0 Å². The summed E-state index contributed by atoms with van der Waals surface area (Å²) in [6.45, 7) is 1.47. The van der Waals surface area contributed by atoms with E-state index in [0.29, 0.717) is 24.0 Å². The molecular formula is C16H22N6O2. The van der Waals surface area contributed by atoms with E-state index in [0.717, 1.165) is 25.3 Å². The normalized spacial score (nSPS) is 20.6. The second-order valence-electron chi connectivity index (χ2n) is 5.85. The van der Waals surface area contributed by atoms with Crippen LogP contribution in [0.3, 0.4) is 0 Å². The number of aryl methyl sites for hydroxylation is 1. The van der Waals surface area contributed by atoms with Crippen molar-refractivity contribution in [1.82, 2.24) is 25.1 Å². The molecule has 1 aliphatic rings. The highest BCUT2D eigenvalue weighted by molar-refractivity contribution is 5.91. The number of carbonyl (C=O) groups excluding carboxylic acids is 1. The summed E-state index contributed by atoms with van der Waals surface area (Å²) in [7, 11) is 3.55. The molecule has 0 unspecified atom stereocenters. The average Bonchev–Trinajstić information content (AvgIpc) is 3.06. The molecule has 3 heterocycles. The van der Waals surface area contributed by atoms with Gasteiger partial charge < -0.3 is 19.9 Å². The minimum Gasteiger partial charge on any atom is -0.370 e. The van der Waals surface area contributed by atoms with E-state index in [9.17, 15) is 4.79 Å². The Morgan fingerprint density at radius 3 is 2.96 bits per heavy atom. The molecule has 2 N–H and O–H groups in total. The van der Waals surface area contributed by atoms with Gasteiger partial charge in [0.2, 0.25) is 0 Å². The standard InChI is InChI=1S/C16H22N6O2/c1-17-16(23)12-5-6-13(21-20-12)19-10-11-4-3-9-24-14(11)15-18-7-8-22(15)2/h5-8,11,14H,3-4,9-10H2,1-2H3,(H,17,23)(H,19,21)/t11-,14+/m0/s1. The average molecular weight is 330 g/mol. The number of nitrogens with zero attached hydrogens (tertiary/aromatic N) is 4. The van der Waals surface area contributed by atoms with Gasteiger partial charge in [-0.25, -0.2) is 4.98 Å². The highest BCUT2D eigenvalue weighted by atomic mass is 16.5. The van der Waals surface area contributed by atoms with Crippen LogP contribution >= 0.6 is 0 Å². The van der Waals surface area contributed by atoms with Crippen molar-refractivity contribution >= 4 is 11.7 Å². The first-order valence-corrected chi connectivity index (χ1v) is 8.07. The molecule has 8 heteroatoms. The third kappa shape index (κ3) is 3.53. The first kappa shape index (κ1) is 16.4. The fourth-order valence-electron chi connectivity index (χ4n) is 2.90. The first-order valence-electron chi connectivity index (χ1n) is 8.07. The molecule has 0 aliphatic carbocycles. The molecule has 3 rings (SSSR count). The molecule has 1 aliphatic heterocycles. The summed E-state index contributed by atoms with van der Waals surface area (Å²) < 4.78 is 7.96. The zero-order valence-corrected chi connectivity index (χ0v) is 13.9. The van der Waals surface area contributed by atoms with Crippen molar-refractivity contribution < 1.29 is 9.53 Å². The Bertz CT molecular complexity index is 684. The van der Waals surface area contributed by atoms with Crippen LogP contribution in [-0.2, 0) is 11.8 Å². The van der Waals surface area contributed by atoms with Gasteiger partial charge >= 0.3 is 0 Å². The maximum absolute atomic E-state index is 11.5. The molecule has 24 heavy (non-hydrogen) atoms. The third-order valence-corrected chi connectivity index (χ3v) is 4.23. The number of anilines is 1. The van der Waals surface area contributed by atoms with Crippen LogP contribution in [0.1, 0.15) is 35.3 Å². The van der Waals surface area contributed by atoms with Gasteiger partial charge in [-0.05, 0) is 25.0 Å². The zero-order chi connectivity index (χ0) is 16.9. The number of rotatable bonds is 5. The molecule has 0 spiro atoms. The summed E-state index contributed by atoms with van der Waals surface area (Å²) in [6.07, 6.45) is 5.80. The van der Waals surface area contributed by atoms with E-state index in [1.54, 1.807) is 25.4 Å². The smallest absolute Gasteiger partial charge is 0.271 e. The molecule has 0 saturated carbocycles. The molecule has 0 aromatic carbocycles. The molecule has 1 saturated heterocycles. The largest absolute Gasteiger partial charge is 0.370 e. The van der Waals surface area contributed by atoms with Crippen LogP contribution in [0, 0.1) is 5.92 Å².